The van der Waals surface area contributed by atoms with Gasteiger partial charge in [-0.2, -0.15) is 0 Å². The predicted octanol–water partition coefficient (Wildman–Crippen LogP) is 4.10. The summed E-state index contributed by atoms with van der Waals surface area (Å²) in [5.74, 6) is -0.215. The first-order valence-corrected chi connectivity index (χ1v) is 10.1. The second-order valence-electron chi connectivity index (χ2n) is 6.57. The lowest BCUT2D eigenvalue weighted by Crippen LogP contribution is -2.34. The molecule has 0 spiro atoms. The van der Waals surface area contributed by atoms with Crippen LogP contribution >= 0.6 is 0 Å². The lowest BCUT2D eigenvalue weighted by atomic mass is 9.97. The van der Waals surface area contributed by atoms with Crippen molar-refractivity contribution >= 4 is 22.5 Å². The van der Waals surface area contributed by atoms with Crippen molar-refractivity contribution in [1.29, 1.82) is 0 Å². The first-order chi connectivity index (χ1) is 14.0. The van der Waals surface area contributed by atoms with Gasteiger partial charge in [0.25, 0.3) is 5.91 Å². The molecule has 0 aliphatic carbocycles. The molecule has 1 N–H and O–H groups in total. The molecule has 158 valence electrons. The highest BCUT2D eigenvalue weighted by atomic mass is 19.1. The van der Waals surface area contributed by atoms with Crippen LogP contribution in [0.4, 0.5) is 4.39 Å². The summed E-state index contributed by atoms with van der Waals surface area (Å²) in [6, 6.07) is 4.87. The Kier molecular flexibility index (Phi) is 7.93. The normalized spacial score (nSPS) is 20.6. The van der Waals surface area contributed by atoms with E-state index in [0.29, 0.717) is 35.4 Å². The van der Waals surface area contributed by atoms with Gasteiger partial charge in [0.05, 0.1) is 18.7 Å². The molecule has 3 rings (SSSR count). The van der Waals surface area contributed by atoms with Crippen LogP contribution in [0.1, 0.15) is 50.9 Å². The second kappa shape index (κ2) is 10.2. The topological polar surface area (TPSA) is 77.5 Å². The third-order valence-corrected chi connectivity index (χ3v) is 5.01. The molecule has 7 heteroatoms. The van der Waals surface area contributed by atoms with Gasteiger partial charge in [0.1, 0.15) is 12.4 Å². The van der Waals surface area contributed by atoms with Gasteiger partial charge in [0, 0.05) is 23.9 Å². The molecule has 1 fully saturated rings. The number of nitrogens with zero attached hydrogens (tertiary/aromatic N) is 1. The number of Topliss-reactive ketones (excluding diaryl/α,β-unsaturated/α-hetero) is 1. The lowest BCUT2D eigenvalue weighted by molar-refractivity contribution is -0.123. The van der Waals surface area contributed by atoms with Crippen LogP contribution < -0.4 is 14.8 Å². The van der Waals surface area contributed by atoms with E-state index in [0.717, 1.165) is 5.39 Å². The minimum atomic E-state index is -1.51. The number of hydrogen-bond donors (Lipinski definition) is 1. The number of ketones is 1. The SMILES string of the molecule is CC.CCC(=O)c1cc2ccnc(OC[C@H]3NC(=O)[C@@H](F)[C@H]3CC)c2cc1OC. The van der Waals surface area contributed by atoms with E-state index in [4.69, 9.17) is 9.47 Å². The average Bonchev–Trinajstić information content (AvgIpc) is 3.04. The molecule has 2 aromatic rings. The van der Waals surface area contributed by atoms with Crippen LogP contribution in [0.2, 0.25) is 0 Å². The van der Waals surface area contributed by atoms with E-state index in [2.05, 4.69) is 10.3 Å². The van der Waals surface area contributed by atoms with Crippen molar-refractivity contribution in [2.75, 3.05) is 13.7 Å². The standard InChI is InChI=1S/C20H23FN2O4.C2H6/c1-4-12-15(23-19(25)18(12)21)10-27-20-13-9-17(26-3)14(16(24)5-2)8-11(13)6-7-22-20;1-2/h6-9,12,15,18H,4-5,10H2,1-3H3,(H,23,25);1-2H3/t12-,15+,18-;/m0./s1. The molecule has 1 aromatic carbocycles. The number of benzene rings is 1. The third-order valence-electron chi connectivity index (χ3n) is 5.01. The van der Waals surface area contributed by atoms with Crippen LogP contribution in [0.25, 0.3) is 10.8 Å². The molecular weight excluding hydrogens is 375 g/mol. The van der Waals surface area contributed by atoms with E-state index in [-0.39, 0.29) is 12.4 Å². The van der Waals surface area contributed by atoms with E-state index < -0.39 is 24.0 Å². The number of halogens is 1. The van der Waals surface area contributed by atoms with E-state index in [1.807, 2.05) is 20.8 Å². The van der Waals surface area contributed by atoms with Gasteiger partial charge < -0.3 is 14.8 Å². The fourth-order valence-corrected chi connectivity index (χ4v) is 3.46. The van der Waals surface area contributed by atoms with E-state index in [1.165, 1.54) is 7.11 Å². The number of carbonyl (C=O) groups is 2. The molecule has 1 amide bonds. The Morgan fingerprint density at radius 1 is 1.28 bits per heavy atom. The minimum Gasteiger partial charge on any atom is -0.496 e. The molecule has 0 radical (unpaired) electrons. The van der Waals surface area contributed by atoms with Gasteiger partial charge in [-0.05, 0) is 30.0 Å². The zero-order valence-electron chi connectivity index (χ0n) is 17.6. The Labute approximate surface area is 170 Å². The van der Waals surface area contributed by atoms with E-state index >= 15 is 0 Å². The average molecular weight is 404 g/mol. The van der Waals surface area contributed by atoms with Crippen LogP contribution in [-0.2, 0) is 4.79 Å². The summed E-state index contributed by atoms with van der Waals surface area (Å²) in [6.45, 7) is 7.76. The predicted molar refractivity (Wildman–Crippen MR) is 110 cm³/mol. The summed E-state index contributed by atoms with van der Waals surface area (Å²) in [7, 11) is 1.51. The van der Waals surface area contributed by atoms with Gasteiger partial charge in [-0.3, -0.25) is 9.59 Å². The Hall–Kier alpha value is -2.70. The van der Waals surface area contributed by atoms with Gasteiger partial charge in [-0.25, -0.2) is 9.37 Å². The molecule has 1 aromatic heterocycles. The quantitative estimate of drug-likeness (QED) is 0.703. The van der Waals surface area contributed by atoms with Crippen molar-refractivity contribution in [3.05, 3.63) is 30.0 Å². The number of fused-ring (bicyclic) bond motifs is 1. The maximum Gasteiger partial charge on any atom is 0.255 e. The Bertz CT molecular complexity index is 871. The molecule has 1 aliphatic rings. The van der Waals surface area contributed by atoms with Crippen molar-refractivity contribution in [1.82, 2.24) is 10.3 Å². The zero-order chi connectivity index (χ0) is 21.6. The summed E-state index contributed by atoms with van der Waals surface area (Å²) in [4.78, 5) is 28.0. The molecule has 3 atom stereocenters. The highest BCUT2D eigenvalue weighted by molar-refractivity contribution is 6.03. The molecule has 2 heterocycles. The highest BCUT2D eigenvalue weighted by Crippen LogP contribution is 2.32. The molecule has 6 nitrogen and oxygen atoms in total. The number of pyridine rings is 1. The third kappa shape index (κ3) is 4.66. The van der Waals surface area contributed by atoms with Crippen molar-refractivity contribution in [3.8, 4) is 11.6 Å². The van der Waals surface area contributed by atoms with E-state index in [9.17, 15) is 14.0 Å². The van der Waals surface area contributed by atoms with Gasteiger partial charge >= 0.3 is 0 Å². The van der Waals surface area contributed by atoms with Gasteiger partial charge in [0.15, 0.2) is 12.0 Å². The number of hydrogen-bond acceptors (Lipinski definition) is 5. The number of ether oxygens (including phenoxy) is 2. The van der Waals surface area contributed by atoms with Gasteiger partial charge in [-0.15, -0.1) is 0 Å². The number of rotatable bonds is 7. The van der Waals surface area contributed by atoms with Gasteiger partial charge in [0.2, 0.25) is 5.88 Å². The molecule has 1 saturated heterocycles. The second-order valence-corrected chi connectivity index (χ2v) is 6.57. The summed E-state index contributed by atoms with van der Waals surface area (Å²) < 4.78 is 25.1. The lowest BCUT2D eigenvalue weighted by Gasteiger charge is -2.19. The first-order valence-electron chi connectivity index (χ1n) is 10.1. The number of aromatic nitrogens is 1. The van der Waals surface area contributed by atoms with Crippen molar-refractivity contribution in [3.63, 3.8) is 0 Å². The minimum absolute atomic E-state index is 0.0125. The molecule has 1 aliphatic heterocycles. The Morgan fingerprint density at radius 2 is 2.00 bits per heavy atom. The highest BCUT2D eigenvalue weighted by Gasteiger charge is 2.41. The summed E-state index contributed by atoms with van der Waals surface area (Å²) in [5.41, 5.74) is 0.513. The van der Waals surface area contributed by atoms with Crippen LogP contribution in [0.15, 0.2) is 24.4 Å². The van der Waals surface area contributed by atoms with Gasteiger partial charge in [-0.1, -0.05) is 27.7 Å². The summed E-state index contributed by atoms with van der Waals surface area (Å²) >= 11 is 0. The Morgan fingerprint density at radius 3 is 2.62 bits per heavy atom. The molecule has 29 heavy (non-hydrogen) atoms. The fraction of sp³-hybridized carbons (Fsp3) is 0.500. The van der Waals surface area contributed by atoms with Crippen LogP contribution in [0.3, 0.4) is 0 Å². The molecular formula is C22H29FN2O4. The number of carbonyl (C=O) groups excluding carboxylic acids is 2. The molecule has 0 unspecified atom stereocenters. The first kappa shape index (κ1) is 22.6. The Balaban J connectivity index is 0.00000145. The maximum atomic E-state index is 13.9. The summed E-state index contributed by atoms with van der Waals surface area (Å²) in [5, 5.41) is 4.13. The van der Waals surface area contributed by atoms with Crippen LogP contribution in [-0.4, -0.2) is 42.6 Å². The smallest absolute Gasteiger partial charge is 0.255 e. The number of nitrogens with one attached hydrogen (secondary N) is 1. The summed E-state index contributed by atoms with van der Waals surface area (Å²) in [6.07, 6.45) is 0.993. The monoisotopic (exact) mass is 404 g/mol. The fourth-order valence-electron chi connectivity index (χ4n) is 3.46. The maximum absolute atomic E-state index is 13.9. The number of amides is 1. The largest absolute Gasteiger partial charge is 0.496 e. The van der Waals surface area contributed by atoms with E-state index in [1.54, 1.807) is 31.3 Å². The molecule has 0 saturated carbocycles. The van der Waals surface area contributed by atoms with Crippen molar-refractivity contribution in [2.45, 2.75) is 52.8 Å². The van der Waals surface area contributed by atoms with Crippen molar-refractivity contribution in [2.24, 2.45) is 5.92 Å². The van der Waals surface area contributed by atoms with Crippen LogP contribution in [0, 0.1) is 5.92 Å². The molecule has 0 bridgehead atoms. The number of alkyl halides is 1. The zero-order valence-corrected chi connectivity index (χ0v) is 17.6. The van der Waals surface area contributed by atoms with Crippen LogP contribution in [0.5, 0.6) is 11.6 Å². The van der Waals surface area contributed by atoms with Crippen molar-refractivity contribution < 1.29 is 23.5 Å². The number of methoxy groups -OCH3 is 1.